The summed E-state index contributed by atoms with van der Waals surface area (Å²) in [6.07, 6.45) is -0.336. The van der Waals surface area contributed by atoms with Crippen LogP contribution in [0.3, 0.4) is 0 Å². The zero-order valence-corrected chi connectivity index (χ0v) is 54.2. The number of rotatable bonds is 44. The number of hydrogen-bond donors (Lipinski definition) is 0. The molecule has 0 amide bonds. The molecule has 92 heavy (non-hydrogen) atoms. The second-order valence-corrected chi connectivity index (χ2v) is 20.2. The Morgan fingerprint density at radius 2 is 0.413 bits per heavy atom. The van der Waals surface area contributed by atoms with Crippen LogP contribution in [0.2, 0.25) is 0 Å². The van der Waals surface area contributed by atoms with E-state index in [2.05, 4.69) is 0 Å². The Labute approximate surface area is 541 Å². The van der Waals surface area contributed by atoms with Crippen LogP contribution in [0.1, 0.15) is 72.2 Å². The van der Waals surface area contributed by atoms with Crippen molar-refractivity contribution in [3.63, 3.8) is 0 Å². The van der Waals surface area contributed by atoms with Crippen LogP contribution in [-0.4, -0.2) is 209 Å². The fraction of sp³-hybridized carbons (Fsp3) is 0.588. The van der Waals surface area contributed by atoms with E-state index in [0.29, 0.717) is 200 Å². The lowest BCUT2D eigenvalue weighted by molar-refractivity contribution is -0.145. The van der Waals surface area contributed by atoms with Gasteiger partial charge in [0.2, 0.25) is 0 Å². The van der Waals surface area contributed by atoms with Gasteiger partial charge in [-0.15, -0.1) is 0 Å². The molecule has 0 N–H and O–H groups in total. The van der Waals surface area contributed by atoms with Gasteiger partial charge in [0.25, 0.3) is 0 Å². The molecular weight excluding hydrogens is 1200 g/mol. The van der Waals surface area contributed by atoms with Crippen molar-refractivity contribution in [1.29, 1.82) is 0 Å². The van der Waals surface area contributed by atoms with Crippen molar-refractivity contribution in [3.8, 4) is 23.0 Å². The van der Waals surface area contributed by atoms with Crippen LogP contribution >= 0.6 is 0 Å². The number of hydrogen-bond acceptors (Lipinski definition) is 24. The summed E-state index contributed by atoms with van der Waals surface area (Å²) in [4.78, 5) is 54.3. The highest BCUT2D eigenvalue weighted by atomic mass is 16.6. The van der Waals surface area contributed by atoms with E-state index in [9.17, 15) is 19.2 Å². The molecule has 14 rings (SSSR count). The number of ether oxygens (including phenoxy) is 20. The molecule has 0 aromatic heterocycles. The molecule has 0 spiro atoms. The van der Waals surface area contributed by atoms with Crippen LogP contribution in [0.4, 0.5) is 0 Å². The van der Waals surface area contributed by atoms with Gasteiger partial charge >= 0.3 is 23.9 Å². The quantitative estimate of drug-likeness (QED) is 0.0247. The van der Waals surface area contributed by atoms with E-state index < -0.39 is 23.9 Å². The predicted molar refractivity (Wildman–Crippen MR) is 334 cm³/mol. The fourth-order valence-corrected chi connectivity index (χ4v) is 8.51. The minimum absolute atomic E-state index is 0.0840. The summed E-state index contributed by atoms with van der Waals surface area (Å²) in [7, 11) is 0. The van der Waals surface area contributed by atoms with Crippen LogP contribution in [0.5, 0.6) is 23.0 Å². The Kier molecular flexibility index (Phi) is 40.7. The maximum atomic E-state index is 13.6. The number of benzene rings is 4. The lowest BCUT2D eigenvalue weighted by Gasteiger charge is -2.18. The number of carbonyl (C=O) groups is 4. The Bertz CT molecular complexity index is 2280. The van der Waals surface area contributed by atoms with Gasteiger partial charge in [0, 0.05) is 48.7 Å². The van der Waals surface area contributed by atoms with E-state index in [1.54, 1.807) is 72.8 Å². The molecule has 24 nitrogen and oxygen atoms in total. The maximum absolute atomic E-state index is 13.6. The van der Waals surface area contributed by atoms with E-state index >= 15 is 0 Å². The molecule has 0 atom stereocenters. The van der Waals surface area contributed by atoms with Crippen LogP contribution in [0.15, 0.2) is 72.8 Å². The van der Waals surface area contributed by atoms with E-state index in [-0.39, 0.29) is 105 Å². The van der Waals surface area contributed by atoms with Gasteiger partial charge in [-0.3, -0.25) is 19.2 Å². The van der Waals surface area contributed by atoms with Gasteiger partial charge in [-0.25, -0.2) is 0 Å². The molecular formula is C68H96O24. The Balaban J connectivity index is 1.36. The van der Waals surface area contributed by atoms with Crippen LogP contribution < -0.4 is 18.9 Å². The molecule has 10 aliphatic heterocycles. The molecule has 10 heterocycles. The molecule has 8 bridgehead atoms. The summed E-state index contributed by atoms with van der Waals surface area (Å²) in [6, 6.07) is 20.7. The first-order chi connectivity index (χ1) is 45.2. The highest BCUT2D eigenvalue weighted by Gasteiger charge is 2.20. The van der Waals surface area contributed by atoms with E-state index in [1.807, 2.05) is 27.7 Å². The molecule has 0 aliphatic carbocycles. The smallest absolute Gasteiger partial charge is 0.310 e. The van der Waals surface area contributed by atoms with Gasteiger partial charge in [-0.05, 0) is 74.2 Å². The average Bonchev–Trinajstić information content (AvgIpc) is 0.910. The van der Waals surface area contributed by atoms with Gasteiger partial charge in [-0.2, -0.15) is 0 Å². The highest BCUT2D eigenvalue weighted by molar-refractivity contribution is 5.75. The Morgan fingerprint density at radius 3 is 0.587 bits per heavy atom. The summed E-state index contributed by atoms with van der Waals surface area (Å²) < 4.78 is 115. The van der Waals surface area contributed by atoms with Gasteiger partial charge in [-0.1, -0.05) is 48.5 Å². The van der Waals surface area contributed by atoms with Crippen molar-refractivity contribution >= 4 is 23.9 Å². The predicted octanol–water partition coefficient (Wildman–Crippen LogP) is 6.94. The van der Waals surface area contributed by atoms with Crippen molar-refractivity contribution in [2.45, 2.75) is 79.8 Å². The van der Waals surface area contributed by atoms with Crippen molar-refractivity contribution < 1.29 is 114 Å². The molecule has 4 aromatic rings. The first kappa shape index (κ1) is 76.2. The highest BCUT2D eigenvalue weighted by Crippen LogP contribution is 2.33. The fourth-order valence-electron chi connectivity index (χ4n) is 8.51. The molecule has 0 saturated carbocycles. The molecule has 0 unspecified atom stereocenters. The second kappa shape index (κ2) is 49.1. The number of carbonyl (C=O) groups excluding carboxylic acids is 4. The topological polar surface area (TPSA) is 253 Å². The second-order valence-electron chi connectivity index (χ2n) is 20.2. The lowest BCUT2D eigenvalue weighted by Crippen LogP contribution is -2.16. The first-order valence-electron chi connectivity index (χ1n) is 31.7. The van der Waals surface area contributed by atoms with E-state index in [0.717, 1.165) is 0 Å². The molecule has 10 aliphatic rings. The minimum atomic E-state index is -0.530. The number of esters is 4. The van der Waals surface area contributed by atoms with Crippen LogP contribution in [0, 0.1) is 0 Å². The third-order valence-corrected chi connectivity index (χ3v) is 13.2. The van der Waals surface area contributed by atoms with Gasteiger partial charge in [0.1, 0.15) is 75.9 Å². The van der Waals surface area contributed by atoms with E-state index in [4.69, 9.17) is 94.7 Å². The van der Waals surface area contributed by atoms with Crippen LogP contribution in [-0.2, 0) is 147 Å². The first-order valence-corrected chi connectivity index (χ1v) is 31.7. The standard InChI is InChI=1S/C68H96O24/c1-5-73-17-21-77-25-29-81-33-37-85-61-45-58-50-90-66(70)42-54-13-15-56(16-14-54)44-68(72)92-52-60-48-63(87-39-35-83-31-27-79-23-19-75-7-3)59(47-64(60)88-40-36-84-32-28-80-24-20-76-8-4)51-91-67(71)43-55-11-9-53(10-12-55)41-65(69)89-49-57(61)46-62(58)86-38-34-82-30-26-78-22-18-74-6-2/h9-16,45-48H,5-8,17-44,49-52H2,1-4H3. The summed E-state index contributed by atoms with van der Waals surface area (Å²) in [5.41, 5.74) is 4.46. The molecule has 0 radical (unpaired) electrons. The van der Waals surface area contributed by atoms with Crippen LogP contribution in [0.25, 0.3) is 0 Å². The van der Waals surface area contributed by atoms with Gasteiger partial charge < -0.3 is 94.7 Å². The van der Waals surface area contributed by atoms with Crippen molar-refractivity contribution in [1.82, 2.24) is 0 Å². The third kappa shape index (κ3) is 33.9. The Morgan fingerprint density at radius 1 is 0.250 bits per heavy atom. The van der Waals surface area contributed by atoms with Gasteiger partial charge in [0.05, 0.1) is 158 Å². The minimum Gasteiger partial charge on any atom is -0.491 e. The molecule has 0 saturated heterocycles. The average molecular weight is 1300 g/mol. The maximum Gasteiger partial charge on any atom is 0.310 e. The van der Waals surface area contributed by atoms with Crippen molar-refractivity contribution in [2.75, 3.05) is 185 Å². The zero-order valence-electron chi connectivity index (χ0n) is 54.2. The molecule has 0 fully saturated rings. The SMILES string of the molecule is CCOCCOCCOCCOc1cc2c(OCCOCCOCCOCC)cc1COC(=O)Cc1ccc(cc1)CC(=O)OCc1cc(OCCOCCOCCOCC)c(cc1OCCOCCOCCOCC)COC(=O)Cc1ccc(cc1)CC(=O)OC2. The third-order valence-electron chi connectivity index (χ3n) is 13.2. The summed E-state index contributed by atoms with van der Waals surface area (Å²) >= 11 is 0. The summed E-state index contributed by atoms with van der Waals surface area (Å²) in [5, 5.41) is 0. The largest absolute Gasteiger partial charge is 0.491 e. The molecule has 512 valence electrons. The molecule has 24 heteroatoms. The molecule has 4 aromatic carbocycles. The van der Waals surface area contributed by atoms with Crippen molar-refractivity contribution in [2.24, 2.45) is 0 Å². The Hall–Kier alpha value is -6.52. The zero-order chi connectivity index (χ0) is 65.3. The van der Waals surface area contributed by atoms with Crippen molar-refractivity contribution in [3.05, 3.63) is 117 Å². The van der Waals surface area contributed by atoms with E-state index in [1.165, 1.54) is 0 Å². The summed E-state index contributed by atoms with van der Waals surface area (Å²) in [5.74, 6) is -0.719. The monoisotopic (exact) mass is 1300 g/mol. The van der Waals surface area contributed by atoms with Gasteiger partial charge in [0.15, 0.2) is 0 Å². The lowest BCUT2D eigenvalue weighted by atomic mass is 10.1. The summed E-state index contributed by atoms with van der Waals surface area (Å²) in [6.45, 7) is 17.2. The normalized spacial score (nSPS) is 13.5.